The Balaban J connectivity index is 0.000000238. The largest absolute Gasteiger partial charge is 0.487 e. The SMILES string of the molecule is COC(=O)N1CC(O)C1.COC(=O)N1CC(Oc2cc(F)cc([NH2+]O)c2)C1.COC(=O)N1CC(Oc2cc(N)cc(-n3ccc(C)n3)c2)C1.COC(=O)N1CC(Oc2cc(NC3CCC(F)(F)CC3)cc(-n3ccc(C)n3)c2)C1.COC(=O)N1CC(Oc2cc([NH2+]O)cc(-n3ccc(C)n3)c2)C1.Cc1ccn[nH]1.O.O.O.O=C1CCC(F)(F)CC1.O[NH2+]c1cc(F)cc(F)c1. The third-order valence-corrected chi connectivity index (χ3v) is 19.8. The van der Waals surface area contributed by atoms with Crippen LogP contribution in [0.3, 0.4) is 0 Å². The molecule has 4 aromatic heterocycles. The van der Waals surface area contributed by atoms with Gasteiger partial charge in [-0.2, -0.15) is 36.8 Å². The summed E-state index contributed by atoms with van der Waals surface area (Å²) in [6, 6.07) is 30.9. The molecule has 7 aliphatic rings. The molecule has 7 fully saturated rings. The van der Waals surface area contributed by atoms with Gasteiger partial charge in [0.05, 0.1) is 141 Å². The van der Waals surface area contributed by atoms with Gasteiger partial charge in [-0.1, -0.05) is 0 Å². The van der Waals surface area contributed by atoms with Crippen molar-refractivity contribution in [2.75, 3.05) is 112 Å². The Labute approximate surface area is 741 Å². The summed E-state index contributed by atoms with van der Waals surface area (Å²) in [6.07, 6.45) is 4.99. The van der Waals surface area contributed by atoms with Crippen molar-refractivity contribution < 1.29 is 156 Å². The molecule has 0 atom stereocenters. The average Bonchev–Trinajstić information content (AvgIpc) is 1.17. The number of aliphatic hydroxyl groups excluding tert-OH is 1. The standard InChI is InChI=1S/C21H26F2N4O3.C15H18N4O4.C15H18N4O3.C11H13FN2O4.C6H5F2NO.C6H8F2O.C5H9NO3.C4H6N2.3H2O/c1-14-5-8-27(25-14)17-9-16(24-15-3-6-21(22,23)7-4-15)10-18(11-17)30-19-12-26(13-19)20(28)29-2;1-10-3-4-19(16-10)12-5-11(17-21)6-13(7-12)23-14-8-18(9-14)15(20)22-2;1-10-3-4-19(17-10)12-5-11(16)6-13(7-12)22-14-8-18(9-14)15(20)21-2;1-17-11(15)14-5-10(6-14)18-9-3-7(12)2-8(4-9)13-16;7-4-1-5(8)3-6(2-4)9-10;7-6(8)3-1-5(9)2-4-6;1-9-5(8)6-2-4(7)3-6;1-4-2-3-5-6-4;;;/h5,8-11,15,19,24H,3-4,6-7,12-13H2,1-2H3;3-7,14,17,21H,8-9H2,1-2H3;3-7,14H,8-9,16H2,1-2H3;2-4,10,13,16H,5-6H2,1H3;1-3,9-10H;1-4H2;4,7H,2-3H2,1H3;2-3H,1H3,(H,5,6);3*1H2/p+3. The third-order valence-electron chi connectivity index (χ3n) is 19.8. The number of halogens is 7. The number of β-amino-alcohol motifs (C(OH)–C–C–N with tert-alkyl or cyclic N) is 1. The summed E-state index contributed by atoms with van der Waals surface area (Å²) in [5.74, 6) is -4.78. The highest BCUT2D eigenvalue weighted by atomic mass is 19.3. The van der Waals surface area contributed by atoms with Gasteiger partial charge in [0.2, 0.25) is 11.8 Å². The van der Waals surface area contributed by atoms with Gasteiger partial charge in [-0.25, -0.2) is 84.4 Å². The summed E-state index contributed by atoms with van der Waals surface area (Å²) in [4.78, 5) is 73.8. The molecule has 5 saturated heterocycles. The summed E-state index contributed by atoms with van der Waals surface area (Å²) in [7, 11) is 6.72. The Bertz CT molecular complexity index is 5050. The molecule has 712 valence electrons. The number of anilines is 2. The van der Waals surface area contributed by atoms with Crippen LogP contribution in [-0.4, -0.2) is 287 Å². The molecule has 40 nitrogen and oxygen atoms in total. The molecule has 0 radical (unpaired) electrons. The Morgan fingerprint density at radius 2 is 0.777 bits per heavy atom. The molecular weight excluding hydrogens is 1730 g/mol. The van der Waals surface area contributed by atoms with Crippen molar-refractivity contribution in [2.45, 2.75) is 127 Å². The van der Waals surface area contributed by atoms with Crippen LogP contribution in [0.2, 0.25) is 0 Å². The van der Waals surface area contributed by atoms with Crippen LogP contribution in [0.1, 0.15) is 74.1 Å². The Morgan fingerprint density at radius 3 is 1.11 bits per heavy atom. The molecule has 2 aliphatic carbocycles. The highest BCUT2D eigenvalue weighted by Gasteiger charge is 2.39. The van der Waals surface area contributed by atoms with Gasteiger partial charge in [0, 0.05) is 165 Å². The lowest BCUT2D eigenvalue weighted by Crippen LogP contribution is -2.73. The number of hydrogen-bond acceptors (Lipinski definition) is 25. The quantitative estimate of drug-likeness (QED) is 0.0216. The molecule has 2 saturated carbocycles. The van der Waals surface area contributed by atoms with E-state index in [1.54, 1.807) is 53.1 Å². The zero-order chi connectivity index (χ0) is 92.2. The maximum Gasteiger partial charge on any atom is 0.409 e. The number of rotatable bonds is 16. The molecule has 130 heavy (non-hydrogen) atoms. The highest BCUT2D eigenvalue weighted by molar-refractivity contribution is 5.79. The van der Waals surface area contributed by atoms with Crippen LogP contribution in [0.4, 0.5) is 83.1 Å². The molecule has 0 unspecified atom stereocenters. The number of nitrogen functional groups attached to an aromatic ring is 1. The fourth-order valence-electron chi connectivity index (χ4n) is 12.9. The smallest absolute Gasteiger partial charge is 0.409 e. The number of alkyl halides is 4. The molecule has 0 spiro atoms. The number of nitrogens with zero attached hydrogens (tertiary/aromatic N) is 12. The van der Waals surface area contributed by atoms with Gasteiger partial charge in [0.25, 0.3) is 0 Å². The van der Waals surface area contributed by atoms with Crippen LogP contribution < -0.4 is 46.4 Å². The van der Waals surface area contributed by atoms with E-state index in [9.17, 15) is 64.7 Å². The van der Waals surface area contributed by atoms with E-state index in [1.807, 2.05) is 107 Å². The number of carbonyl (C=O) groups excluding carboxylic acids is 6. The number of quaternary nitrogens is 3. The van der Waals surface area contributed by atoms with Crippen molar-refractivity contribution >= 4 is 64.7 Å². The van der Waals surface area contributed by atoms with Crippen LogP contribution in [0.25, 0.3) is 17.1 Å². The first kappa shape index (κ1) is 106. The molecule has 5 aliphatic heterocycles. The monoisotopic (exact) mass is 1850 g/mol. The van der Waals surface area contributed by atoms with Gasteiger partial charge in [-0.05, 0) is 76.9 Å². The zero-order valence-corrected chi connectivity index (χ0v) is 72.7. The number of aromatic amines is 1. The molecule has 9 aromatic rings. The van der Waals surface area contributed by atoms with Crippen molar-refractivity contribution in [2.24, 2.45) is 0 Å². The molecule has 47 heteroatoms. The van der Waals surface area contributed by atoms with E-state index in [4.69, 9.17) is 44.9 Å². The lowest BCUT2D eigenvalue weighted by Gasteiger charge is -2.37. The Morgan fingerprint density at radius 1 is 0.446 bits per heavy atom. The Kier molecular flexibility index (Phi) is 40.6. The van der Waals surface area contributed by atoms with Gasteiger partial charge in [0.1, 0.15) is 70.6 Å². The van der Waals surface area contributed by atoms with Gasteiger partial charge >= 0.3 is 30.5 Å². The van der Waals surface area contributed by atoms with Crippen LogP contribution in [0, 0.1) is 45.1 Å². The van der Waals surface area contributed by atoms with Crippen LogP contribution in [0.5, 0.6) is 23.0 Å². The van der Waals surface area contributed by atoms with Crippen LogP contribution in [-0.2, 0) is 28.5 Å². The maximum atomic E-state index is 13.5. The number of benzene rings is 5. The summed E-state index contributed by atoms with van der Waals surface area (Å²) in [5, 5.41) is 58.2. The zero-order valence-electron chi connectivity index (χ0n) is 72.7. The number of ether oxygens (including phenoxy) is 9. The fourth-order valence-corrected chi connectivity index (χ4v) is 12.9. The predicted octanol–water partition coefficient (Wildman–Crippen LogP) is 6.41. The van der Waals surface area contributed by atoms with E-state index < -0.39 is 35.4 Å². The number of hydrogen-bond donors (Lipinski definition) is 10. The number of carbonyl (C=O) groups is 6. The number of amides is 5. The number of methoxy groups -OCH3 is 5. The molecule has 20 N–H and O–H groups in total. The molecule has 16 rings (SSSR count). The number of likely N-dealkylation sites (tertiary alicyclic amines) is 5. The number of aryl methyl sites for hydroxylation is 4. The molecule has 5 amide bonds. The second-order valence-electron chi connectivity index (χ2n) is 30.1. The number of Topliss-reactive ketones (excluding diaryl/α,β-unsaturated/α-hetero) is 1. The fraction of sp³-hybridized carbons (Fsp3) is 0.422. The first-order valence-corrected chi connectivity index (χ1v) is 40.0. The molecular formula is C83H112F7N18O22+3. The topological polar surface area (TPSA) is 547 Å². The minimum Gasteiger partial charge on any atom is -0.487 e. The minimum atomic E-state index is -2.56. The van der Waals surface area contributed by atoms with E-state index in [1.165, 1.54) is 63.5 Å². The second kappa shape index (κ2) is 50.0. The minimum absolute atomic E-state index is 0. The summed E-state index contributed by atoms with van der Waals surface area (Å²) < 4.78 is 140. The number of nitrogens with two attached hydrogens (primary N) is 4. The maximum absolute atomic E-state index is 13.5. The number of H-pyrrole nitrogens is 1. The second-order valence-corrected chi connectivity index (χ2v) is 30.1. The van der Waals surface area contributed by atoms with Crippen molar-refractivity contribution in [1.82, 2.24) is 64.0 Å². The normalized spacial score (nSPS) is 15.9. The van der Waals surface area contributed by atoms with Gasteiger partial charge in [-0.3, -0.25) is 9.89 Å². The van der Waals surface area contributed by atoms with Gasteiger partial charge < -0.3 is 99.7 Å². The highest BCUT2D eigenvalue weighted by Crippen LogP contribution is 2.37. The lowest BCUT2D eigenvalue weighted by atomic mass is 9.92. The number of ketones is 1. The van der Waals surface area contributed by atoms with E-state index in [0.29, 0.717) is 124 Å². The lowest BCUT2D eigenvalue weighted by molar-refractivity contribution is -0.825. The van der Waals surface area contributed by atoms with Crippen LogP contribution >= 0.6 is 0 Å². The Hall–Kier alpha value is -13.1. The van der Waals surface area contributed by atoms with Crippen molar-refractivity contribution in [3.8, 4) is 40.1 Å². The average molecular weight is 1850 g/mol. The first-order valence-electron chi connectivity index (χ1n) is 40.0. The number of aliphatic hydroxyl groups is 1. The van der Waals surface area contributed by atoms with Gasteiger partial charge in [-0.15, -0.1) is 0 Å². The summed E-state index contributed by atoms with van der Waals surface area (Å²) in [5.41, 5.74) is 17.1. The number of aromatic nitrogens is 8. The van der Waals surface area contributed by atoms with E-state index in [2.05, 4.69) is 49.8 Å². The van der Waals surface area contributed by atoms with Crippen molar-refractivity contribution in [1.29, 1.82) is 0 Å². The van der Waals surface area contributed by atoms with E-state index >= 15 is 0 Å². The van der Waals surface area contributed by atoms with Crippen LogP contribution in [0.15, 0.2) is 140 Å². The van der Waals surface area contributed by atoms with E-state index in [-0.39, 0.29) is 127 Å². The molecule has 9 heterocycles. The van der Waals surface area contributed by atoms with Crippen molar-refractivity contribution in [3.63, 3.8) is 0 Å². The number of nitrogens with one attached hydrogen (secondary N) is 2. The molecule has 0 bridgehead atoms. The summed E-state index contributed by atoms with van der Waals surface area (Å²) >= 11 is 0. The van der Waals surface area contributed by atoms with Crippen molar-refractivity contribution in [3.05, 3.63) is 180 Å². The molecule has 5 aromatic carbocycles. The van der Waals surface area contributed by atoms with Gasteiger partial charge in [0.15, 0.2) is 17.1 Å². The van der Waals surface area contributed by atoms with E-state index in [0.717, 1.165) is 74.7 Å². The third kappa shape index (κ3) is 32.9. The first-order chi connectivity index (χ1) is 60.5. The summed E-state index contributed by atoms with van der Waals surface area (Å²) in [6.45, 7) is 12.2. The predicted molar refractivity (Wildman–Crippen MR) is 449 cm³/mol.